The van der Waals surface area contributed by atoms with Crippen LogP contribution in [0.25, 0.3) is 0 Å². The molecular formula is C30H45NO6. The Balaban J connectivity index is 1.76. The summed E-state index contributed by atoms with van der Waals surface area (Å²) in [5, 5.41) is 11.2. The molecule has 1 N–H and O–H groups in total. The average Bonchev–Trinajstić information content (AvgIpc) is 2.91. The molecule has 0 saturated carbocycles. The van der Waals surface area contributed by atoms with Gasteiger partial charge in [0.25, 0.3) is 11.7 Å². The first-order chi connectivity index (χ1) is 17.6. The van der Waals surface area contributed by atoms with Gasteiger partial charge in [0.2, 0.25) is 5.79 Å². The molecule has 3 rings (SSSR count). The largest absolute Gasteiger partial charge is 0.460 e. The first-order valence-corrected chi connectivity index (χ1v) is 14.1. The van der Waals surface area contributed by atoms with Crippen LogP contribution in [-0.2, 0) is 30.3 Å². The second-order valence-corrected chi connectivity index (χ2v) is 11.2. The zero-order chi connectivity index (χ0) is 27.2. The Bertz CT molecular complexity index is 918. The molecule has 2 heterocycles. The van der Waals surface area contributed by atoms with Crippen molar-refractivity contribution in [3.05, 3.63) is 35.9 Å². The lowest BCUT2D eigenvalue weighted by Crippen LogP contribution is -2.60. The van der Waals surface area contributed by atoms with Gasteiger partial charge < -0.3 is 19.5 Å². The number of rotatable bonds is 10. The molecule has 6 unspecified atom stereocenters. The number of ether oxygens (including phenoxy) is 2. The van der Waals surface area contributed by atoms with E-state index in [0.29, 0.717) is 25.7 Å². The van der Waals surface area contributed by atoms with E-state index in [9.17, 15) is 19.5 Å². The van der Waals surface area contributed by atoms with Crippen LogP contribution in [0.2, 0.25) is 0 Å². The number of carbonyl (C=O) groups excluding carboxylic acids is 3. The van der Waals surface area contributed by atoms with Gasteiger partial charge in [0.05, 0.1) is 6.10 Å². The molecule has 6 atom stereocenters. The molecule has 0 spiro atoms. The number of hydrogen-bond donors (Lipinski definition) is 1. The van der Waals surface area contributed by atoms with Gasteiger partial charge in [-0.3, -0.25) is 9.59 Å². The zero-order valence-corrected chi connectivity index (χ0v) is 23.2. The van der Waals surface area contributed by atoms with E-state index in [-0.39, 0.29) is 30.6 Å². The number of aliphatic hydroxyl groups is 1. The number of benzene rings is 1. The molecule has 0 radical (unpaired) electrons. The molecule has 206 valence electrons. The van der Waals surface area contributed by atoms with Gasteiger partial charge in [-0.05, 0) is 68.8 Å². The molecular weight excluding hydrogens is 470 g/mol. The Kier molecular flexibility index (Phi) is 10.3. The van der Waals surface area contributed by atoms with Gasteiger partial charge in [0.15, 0.2) is 0 Å². The molecule has 2 saturated heterocycles. The smallest absolute Gasteiger partial charge is 0.329 e. The Morgan fingerprint density at radius 3 is 2.43 bits per heavy atom. The Morgan fingerprint density at radius 2 is 1.81 bits per heavy atom. The summed E-state index contributed by atoms with van der Waals surface area (Å²) in [6, 6.07) is 9.32. The molecule has 0 bridgehead atoms. The van der Waals surface area contributed by atoms with Crippen LogP contribution in [0.3, 0.4) is 0 Å². The van der Waals surface area contributed by atoms with Crippen LogP contribution in [0.1, 0.15) is 85.1 Å². The van der Waals surface area contributed by atoms with Gasteiger partial charge in [0, 0.05) is 12.5 Å². The van der Waals surface area contributed by atoms with Crippen molar-refractivity contribution >= 4 is 17.7 Å². The fraction of sp³-hybridized carbons (Fsp3) is 0.700. The minimum Gasteiger partial charge on any atom is -0.460 e. The van der Waals surface area contributed by atoms with E-state index in [1.54, 1.807) is 6.92 Å². The lowest BCUT2D eigenvalue weighted by molar-refractivity contribution is -0.263. The predicted molar refractivity (Wildman–Crippen MR) is 142 cm³/mol. The Morgan fingerprint density at radius 1 is 1.11 bits per heavy atom. The van der Waals surface area contributed by atoms with Gasteiger partial charge in [0.1, 0.15) is 12.1 Å². The Hall–Kier alpha value is -2.25. The molecule has 2 fully saturated rings. The van der Waals surface area contributed by atoms with Crippen molar-refractivity contribution in [1.82, 2.24) is 4.90 Å². The summed E-state index contributed by atoms with van der Waals surface area (Å²) in [6.07, 6.45) is 4.91. The highest BCUT2D eigenvalue weighted by Gasteiger charge is 2.52. The maximum absolute atomic E-state index is 13.5. The third-order valence-electron chi connectivity index (χ3n) is 8.19. The monoisotopic (exact) mass is 515 g/mol. The molecule has 2 aliphatic heterocycles. The fourth-order valence-corrected chi connectivity index (χ4v) is 5.73. The van der Waals surface area contributed by atoms with Crippen molar-refractivity contribution in [2.45, 2.75) is 110 Å². The van der Waals surface area contributed by atoms with E-state index < -0.39 is 35.4 Å². The molecule has 7 nitrogen and oxygen atoms in total. The van der Waals surface area contributed by atoms with Crippen molar-refractivity contribution in [3.63, 3.8) is 0 Å². The van der Waals surface area contributed by atoms with Crippen molar-refractivity contribution in [2.24, 2.45) is 17.8 Å². The van der Waals surface area contributed by atoms with Crippen LogP contribution in [-0.4, -0.2) is 58.2 Å². The van der Waals surface area contributed by atoms with Crippen molar-refractivity contribution in [1.29, 1.82) is 0 Å². The van der Waals surface area contributed by atoms with E-state index >= 15 is 0 Å². The number of likely N-dealkylation sites (tertiary alicyclic amines) is 1. The standard InChI is InChI=1S/C30H45NO6/c1-6-23(19-22-13-9-8-10-14-22)26(20(3)4)36-29(34)25-15-11-12-18-31(25)28(33)27(32)30(35)21(5)16-17-24(7-2)37-30/h8-10,13-14,20-21,23-26,35H,6-7,11-12,15-19H2,1-5H3. The maximum atomic E-state index is 13.5. The summed E-state index contributed by atoms with van der Waals surface area (Å²) in [7, 11) is 0. The maximum Gasteiger partial charge on any atom is 0.329 e. The summed E-state index contributed by atoms with van der Waals surface area (Å²) in [6.45, 7) is 10.1. The first kappa shape index (κ1) is 29.3. The van der Waals surface area contributed by atoms with Gasteiger partial charge in [-0.2, -0.15) is 0 Å². The molecule has 2 aliphatic rings. The van der Waals surface area contributed by atoms with Gasteiger partial charge in [-0.1, -0.05) is 65.0 Å². The number of nitrogens with zero attached hydrogens (tertiary/aromatic N) is 1. The van der Waals surface area contributed by atoms with Crippen LogP contribution in [0.4, 0.5) is 0 Å². The van der Waals surface area contributed by atoms with Crippen LogP contribution in [0.15, 0.2) is 30.3 Å². The van der Waals surface area contributed by atoms with E-state index in [1.807, 2.05) is 39.0 Å². The second kappa shape index (κ2) is 13.0. The van der Waals surface area contributed by atoms with Crippen LogP contribution in [0, 0.1) is 17.8 Å². The van der Waals surface area contributed by atoms with E-state index in [4.69, 9.17) is 9.47 Å². The lowest BCUT2D eigenvalue weighted by atomic mass is 9.85. The zero-order valence-electron chi connectivity index (χ0n) is 23.2. The summed E-state index contributed by atoms with van der Waals surface area (Å²) < 4.78 is 11.9. The number of Topliss-reactive ketones (excluding diaryl/α,β-unsaturated/α-hetero) is 1. The van der Waals surface area contributed by atoms with Crippen molar-refractivity contribution < 1.29 is 29.0 Å². The quantitative estimate of drug-likeness (QED) is 0.359. The normalized spacial score (nSPS) is 28.0. The van der Waals surface area contributed by atoms with Gasteiger partial charge in [-0.15, -0.1) is 0 Å². The van der Waals surface area contributed by atoms with E-state index in [0.717, 1.165) is 25.7 Å². The summed E-state index contributed by atoms with van der Waals surface area (Å²) in [4.78, 5) is 41.6. The van der Waals surface area contributed by atoms with E-state index in [2.05, 4.69) is 19.1 Å². The topological polar surface area (TPSA) is 93.1 Å². The Labute approximate surface area is 221 Å². The second-order valence-electron chi connectivity index (χ2n) is 11.2. The van der Waals surface area contributed by atoms with Crippen LogP contribution in [0.5, 0.6) is 0 Å². The molecule has 0 aliphatic carbocycles. The van der Waals surface area contributed by atoms with Gasteiger partial charge in [-0.25, -0.2) is 4.79 Å². The number of hydrogen-bond acceptors (Lipinski definition) is 6. The third-order valence-corrected chi connectivity index (χ3v) is 8.19. The highest BCUT2D eigenvalue weighted by molar-refractivity contribution is 6.39. The first-order valence-electron chi connectivity index (χ1n) is 14.1. The molecule has 1 amide bonds. The van der Waals surface area contributed by atoms with Crippen LogP contribution >= 0.6 is 0 Å². The molecule has 1 aromatic rings. The minimum absolute atomic E-state index is 0.0927. The fourth-order valence-electron chi connectivity index (χ4n) is 5.73. The third kappa shape index (κ3) is 6.80. The number of carbonyl (C=O) groups is 3. The number of piperidine rings is 1. The van der Waals surface area contributed by atoms with Crippen LogP contribution < -0.4 is 0 Å². The summed E-state index contributed by atoms with van der Waals surface area (Å²) in [5.74, 6) is -4.75. The van der Waals surface area contributed by atoms with E-state index in [1.165, 1.54) is 10.5 Å². The number of esters is 1. The molecule has 1 aromatic carbocycles. The van der Waals surface area contributed by atoms with Crippen molar-refractivity contribution in [2.75, 3.05) is 6.54 Å². The predicted octanol–water partition coefficient (Wildman–Crippen LogP) is 4.69. The highest BCUT2D eigenvalue weighted by Crippen LogP contribution is 2.35. The molecule has 37 heavy (non-hydrogen) atoms. The highest BCUT2D eigenvalue weighted by atomic mass is 16.6. The number of amides is 1. The lowest BCUT2D eigenvalue weighted by Gasteiger charge is -2.42. The summed E-state index contributed by atoms with van der Waals surface area (Å²) in [5.41, 5.74) is 1.19. The minimum atomic E-state index is -2.16. The summed E-state index contributed by atoms with van der Waals surface area (Å²) >= 11 is 0. The molecule has 7 heteroatoms. The average molecular weight is 516 g/mol. The van der Waals surface area contributed by atoms with Crippen molar-refractivity contribution in [3.8, 4) is 0 Å². The number of ketones is 1. The SMILES string of the molecule is CCC1CCC(C)C(O)(C(=O)C(=O)N2CCCCC2C(=O)OC(C(C)C)C(CC)Cc2ccccc2)O1. The molecule has 0 aromatic heterocycles. The van der Waals surface area contributed by atoms with Gasteiger partial charge >= 0.3 is 5.97 Å².